The van der Waals surface area contributed by atoms with Crippen LogP contribution in [0.2, 0.25) is 0 Å². The second kappa shape index (κ2) is 25.1. The van der Waals surface area contributed by atoms with Crippen LogP contribution in [0.4, 0.5) is 4.39 Å². The Hall–Kier alpha value is -3.40. The van der Waals surface area contributed by atoms with Crippen LogP contribution in [0.25, 0.3) is 0 Å². The lowest BCUT2D eigenvalue weighted by Gasteiger charge is -2.42. The van der Waals surface area contributed by atoms with Crippen molar-refractivity contribution in [3.8, 4) is 0 Å². The van der Waals surface area contributed by atoms with Gasteiger partial charge < -0.3 is 38.8 Å². The number of alkyl halides is 1. The van der Waals surface area contributed by atoms with Gasteiger partial charge in [-0.3, -0.25) is 19.2 Å². The number of ether oxygens (including phenoxy) is 5. The number of methoxy groups -OCH3 is 3. The third kappa shape index (κ3) is 14.3. The number of hydrogen-bond acceptors (Lipinski definition) is 12. The van der Waals surface area contributed by atoms with Gasteiger partial charge in [-0.15, -0.1) is 0 Å². The summed E-state index contributed by atoms with van der Waals surface area (Å²) in [6.45, 7) is 12.4. The number of halogens is 1. The number of amides is 1. The highest BCUT2D eigenvalue weighted by Crippen LogP contribution is 2.38. The molecule has 0 spiro atoms. The van der Waals surface area contributed by atoms with Gasteiger partial charge in [-0.05, 0) is 107 Å². The summed E-state index contributed by atoms with van der Waals surface area (Å²) in [5, 5.41) is 22.4. The fourth-order valence-electron chi connectivity index (χ4n) is 10.1. The third-order valence-corrected chi connectivity index (χ3v) is 14.4. The van der Waals surface area contributed by atoms with Crippen LogP contribution in [-0.4, -0.2) is 127 Å². The van der Waals surface area contributed by atoms with Crippen molar-refractivity contribution in [2.24, 2.45) is 35.5 Å². The molecule has 3 fully saturated rings. The first-order chi connectivity index (χ1) is 30.7. The van der Waals surface area contributed by atoms with E-state index >= 15 is 4.39 Å². The monoisotopic (exact) mass is 916 g/mol. The molecule has 4 rings (SSSR count). The van der Waals surface area contributed by atoms with Crippen molar-refractivity contribution in [3.05, 3.63) is 47.6 Å². The van der Waals surface area contributed by atoms with Crippen LogP contribution in [-0.2, 0) is 47.7 Å². The number of carbonyl (C=O) groups excluding carboxylic acids is 5. The van der Waals surface area contributed by atoms with Crippen LogP contribution in [0.1, 0.15) is 126 Å². The summed E-state index contributed by atoms with van der Waals surface area (Å²) in [6.07, 6.45) is 9.94. The summed E-state index contributed by atoms with van der Waals surface area (Å²) in [5.74, 6) is -8.44. The Bertz CT molecular complexity index is 1760. The van der Waals surface area contributed by atoms with E-state index in [0.29, 0.717) is 64.2 Å². The molecule has 1 amide bonds. The van der Waals surface area contributed by atoms with Crippen LogP contribution in [0.15, 0.2) is 47.6 Å². The summed E-state index contributed by atoms with van der Waals surface area (Å²) in [4.78, 5) is 71.6. The largest absolute Gasteiger partial charge is 0.460 e. The van der Waals surface area contributed by atoms with E-state index in [1.165, 1.54) is 25.0 Å². The van der Waals surface area contributed by atoms with Crippen LogP contribution < -0.4 is 0 Å². The van der Waals surface area contributed by atoms with Gasteiger partial charge in [0.25, 0.3) is 11.7 Å². The lowest BCUT2D eigenvalue weighted by molar-refractivity contribution is -0.265. The number of rotatable bonds is 6. The summed E-state index contributed by atoms with van der Waals surface area (Å²) in [5.41, 5.74) is 1.03. The zero-order valence-corrected chi connectivity index (χ0v) is 40.5. The van der Waals surface area contributed by atoms with Gasteiger partial charge in [-0.2, -0.15) is 0 Å². The third-order valence-electron chi connectivity index (χ3n) is 14.4. The van der Waals surface area contributed by atoms with E-state index in [2.05, 4.69) is 0 Å². The van der Waals surface area contributed by atoms with E-state index in [-0.39, 0.29) is 60.4 Å². The molecule has 0 aromatic carbocycles. The van der Waals surface area contributed by atoms with Crippen molar-refractivity contribution < 1.29 is 62.3 Å². The molecule has 2 saturated heterocycles. The Morgan fingerprint density at radius 1 is 0.877 bits per heavy atom. The van der Waals surface area contributed by atoms with Crippen molar-refractivity contribution >= 4 is 29.2 Å². The molecule has 2 unspecified atom stereocenters. The van der Waals surface area contributed by atoms with Crippen LogP contribution in [0.5, 0.6) is 0 Å². The van der Waals surface area contributed by atoms with Gasteiger partial charge >= 0.3 is 5.97 Å². The zero-order chi connectivity index (χ0) is 48.2. The van der Waals surface area contributed by atoms with Gasteiger partial charge in [0.15, 0.2) is 18.1 Å². The number of allylic oxidation sites excluding steroid dienone is 6. The molecule has 2 bridgehead atoms. The maximum absolute atomic E-state index is 16.2. The lowest BCUT2D eigenvalue weighted by Crippen LogP contribution is -2.61. The maximum atomic E-state index is 16.2. The molecular weight excluding hydrogens is 838 g/mol. The highest BCUT2D eigenvalue weighted by Gasteiger charge is 2.53. The smallest absolute Gasteiger partial charge is 0.329 e. The van der Waals surface area contributed by atoms with Crippen molar-refractivity contribution in [2.45, 2.75) is 180 Å². The van der Waals surface area contributed by atoms with E-state index in [0.717, 1.165) is 5.57 Å². The number of Topliss-reactive ketones (excluding diaryl/α,β-unsaturated/α-hetero) is 3. The van der Waals surface area contributed by atoms with Crippen molar-refractivity contribution in [1.29, 1.82) is 0 Å². The Labute approximate surface area is 386 Å². The number of nitrogens with zero attached hydrogens (tertiary/aromatic N) is 1. The molecule has 65 heavy (non-hydrogen) atoms. The van der Waals surface area contributed by atoms with E-state index < -0.39 is 83.9 Å². The molecule has 0 aromatic rings. The topological polar surface area (TPSA) is 175 Å². The van der Waals surface area contributed by atoms with Crippen molar-refractivity contribution in [3.63, 3.8) is 0 Å². The van der Waals surface area contributed by atoms with Gasteiger partial charge in [0, 0.05) is 58.5 Å². The summed E-state index contributed by atoms with van der Waals surface area (Å²) in [6, 6.07) is -1.16. The van der Waals surface area contributed by atoms with E-state index in [9.17, 15) is 34.2 Å². The first-order valence-electron chi connectivity index (χ1n) is 23.9. The first kappa shape index (κ1) is 54.2. The lowest BCUT2D eigenvalue weighted by atomic mass is 9.78. The van der Waals surface area contributed by atoms with Crippen molar-refractivity contribution in [2.75, 3.05) is 27.9 Å². The minimum Gasteiger partial charge on any atom is -0.460 e. The first-order valence-corrected chi connectivity index (χ1v) is 23.9. The number of fused-ring (bicyclic) bond motifs is 3. The molecule has 2 N–H and O–H groups in total. The molecule has 1 saturated carbocycles. The zero-order valence-electron chi connectivity index (χ0n) is 40.5. The number of esters is 1. The fourth-order valence-corrected chi connectivity index (χ4v) is 10.1. The van der Waals surface area contributed by atoms with Gasteiger partial charge in [-0.25, -0.2) is 9.18 Å². The Kier molecular flexibility index (Phi) is 20.9. The Morgan fingerprint density at radius 2 is 1.60 bits per heavy atom. The van der Waals surface area contributed by atoms with E-state index in [1.807, 2.05) is 51.2 Å². The number of ketones is 3. The van der Waals surface area contributed by atoms with Crippen LogP contribution >= 0.6 is 0 Å². The molecule has 366 valence electrons. The molecule has 13 nitrogen and oxygen atoms in total. The predicted octanol–water partition coefficient (Wildman–Crippen LogP) is 7.16. The van der Waals surface area contributed by atoms with Gasteiger partial charge in [0.2, 0.25) is 5.79 Å². The second-order valence-electron chi connectivity index (χ2n) is 19.5. The normalized spacial score (nSPS) is 40.4. The molecule has 14 heteroatoms. The highest BCUT2D eigenvalue weighted by molar-refractivity contribution is 6.39. The molecule has 0 aromatic heterocycles. The van der Waals surface area contributed by atoms with Crippen LogP contribution in [0, 0.1) is 35.5 Å². The molecule has 3 aliphatic heterocycles. The molecule has 3 heterocycles. The summed E-state index contributed by atoms with van der Waals surface area (Å²) in [7, 11) is 4.42. The van der Waals surface area contributed by atoms with E-state index in [1.54, 1.807) is 35.0 Å². The predicted molar refractivity (Wildman–Crippen MR) is 244 cm³/mol. The number of aliphatic hydroxyl groups excluding tert-OH is 1. The quantitative estimate of drug-likeness (QED) is 0.157. The number of cyclic esters (lactones) is 1. The number of aliphatic hydroxyl groups is 2. The van der Waals surface area contributed by atoms with Gasteiger partial charge in [0.05, 0.1) is 24.4 Å². The minimum absolute atomic E-state index is 0.0215. The van der Waals surface area contributed by atoms with E-state index in [4.69, 9.17) is 23.7 Å². The molecule has 1 aliphatic carbocycles. The second-order valence-corrected chi connectivity index (χ2v) is 19.5. The number of piperidine rings is 1. The SMILES string of the molecule is CO[C@H]1C[C@@H]2CC[C@@H](C)[C@@](O)(O2)C(=O)C(=O)N2CCCCC2C(=O)O[C@H]([C@H](C)CC2CC[C@@H](O)[C@H](OC)C2)CC(=O)[C@H](C)/C=C(\C)[C@@H](F)[C@@H](OC)C(=O)[C@H](C)C[C@H](C)/C=C/C=C/C=C/1C. The minimum atomic E-state index is -2.44. The molecule has 15 atom stereocenters. The molecular formula is C51H78FNO12. The highest BCUT2D eigenvalue weighted by atomic mass is 19.1. The molecule has 0 radical (unpaired) electrons. The number of hydrogen-bond donors (Lipinski definition) is 2. The fraction of sp³-hybridized carbons (Fsp3) is 0.745. The Balaban J connectivity index is 1.70. The Morgan fingerprint density at radius 3 is 2.28 bits per heavy atom. The maximum Gasteiger partial charge on any atom is 0.329 e. The summed E-state index contributed by atoms with van der Waals surface area (Å²) < 4.78 is 45.4. The van der Waals surface area contributed by atoms with Gasteiger partial charge in [-0.1, -0.05) is 71.1 Å². The molecule has 4 aliphatic rings. The average Bonchev–Trinajstić information content (AvgIpc) is 3.28. The number of carbonyl (C=O) groups is 5. The van der Waals surface area contributed by atoms with Crippen molar-refractivity contribution in [1.82, 2.24) is 4.90 Å². The van der Waals surface area contributed by atoms with Gasteiger partial charge in [0.1, 0.15) is 17.9 Å². The standard InChI is InChI=1S/C51H78FNO12/c1-30-16-12-11-13-17-31(2)42(61-8)28-38-21-19-36(7)51(60,65-38)48(57)49(58)53-23-15-14-18-39(53)50(59)64-43(33(4)26-37-20-22-40(54)44(27-37)62-9)29-41(55)32(3)25-34(5)45(52)47(63-10)46(56)35(6)24-30/h11-13,16-17,25,30,32-33,35-40,42-45,47,54,60H,14-15,18-24,26-29H2,1-10H3/b13-11+,16-12+,31-17+,34-25+/t30-,32-,33-,35-,36-,37?,38+,39?,40-,42+,43+,44-,45-,47-,51-/m1/s1. The average molecular weight is 916 g/mol. The van der Waals surface area contributed by atoms with Crippen LogP contribution in [0.3, 0.4) is 0 Å². The summed E-state index contributed by atoms with van der Waals surface area (Å²) >= 11 is 0.